The topological polar surface area (TPSA) is 280 Å². The van der Waals surface area contributed by atoms with Gasteiger partial charge in [0.2, 0.25) is 23.6 Å². The van der Waals surface area contributed by atoms with E-state index in [2.05, 4.69) is 40.4 Å². The van der Waals surface area contributed by atoms with Crippen LogP contribution in [-0.4, -0.2) is 190 Å². The first-order valence-corrected chi connectivity index (χ1v) is 31.6. The van der Waals surface area contributed by atoms with Crippen molar-refractivity contribution in [2.24, 2.45) is 5.41 Å². The Bertz CT molecular complexity index is 3290. The largest absolute Gasteiger partial charge is 0.497 e. The van der Waals surface area contributed by atoms with Gasteiger partial charge in [-0.3, -0.25) is 29.1 Å². The molecule has 5 heterocycles. The number of halogens is 1. The summed E-state index contributed by atoms with van der Waals surface area (Å²) in [5, 5.41) is 24.4. The Kier molecular flexibility index (Phi) is 24.0. The highest BCUT2D eigenvalue weighted by Crippen LogP contribution is 2.32. The number of aromatic amines is 1. The number of β-amino-alcohol motifs (C(OH)–C–C–N with tert-alkyl or cyclic N) is 1. The number of likely N-dealkylation sites (tertiary alicyclic amines) is 1. The van der Waals surface area contributed by atoms with Crippen molar-refractivity contribution in [3.05, 3.63) is 94.2 Å². The number of unbranched alkanes of at least 4 members (excludes halogenated alkanes) is 3. The van der Waals surface area contributed by atoms with Gasteiger partial charge in [0.15, 0.2) is 11.5 Å². The quantitative estimate of drug-likeness (QED) is 0.0273. The second-order valence-electron chi connectivity index (χ2n) is 22.2. The molecule has 86 heavy (non-hydrogen) atoms. The number of aliphatic hydroxyl groups is 1. The summed E-state index contributed by atoms with van der Waals surface area (Å²) in [5.41, 5.74) is 6.16. The van der Waals surface area contributed by atoms with Crippen LogP contribution in [0.15, 0.2) is 77.1 Å². The number of ether oxygens (including phenoxy) is 7. The molecule has 0 aliphatic carbocycles. The number of H-pyrrole nitrogens is 1. The van der Waals surface area contributed by atoms with Gasteiger partial charge in [0.25, 0.3) is 10.0 Å². The van der Waals surface area contributed by atoms with E-state index in [9.17, 15) is 27.9 Å². The smallest absolute Gasteiger partial charge is 0.263 e. The molecule has 23 nitrogen and oxygen atoms in total. The van der Waals surface area contributed by atoms with E-state index in [0.717, 1.165) is 72.7 Å². The molecule has 2 saturated heterocycles. The van der Waals surface area contributed by atoms with Gasteiger partial charge < -0.3 is 53.8 Å². The number of carbonyl (C=O) groups is 3. The van der Waals surface area contributed by atoms with Crippen molar-refractivity contribution in [3.8, 4) is 33.5 Å². The molecule has 6 aromatic rings. The molecule has 3 aromatic heterocycles. The average molecular weight is 1250 g/mol. The number of thiazole rings is 1. The maximum absolute atomic E-state index is 14.0. The molecule has 0 spiro atoms. The molecule has 4 atom stereocenters. The third-order valence-corrected chi connectivity index (χ3v) is 17.4. The molecule has 8 rings (SSSR count). The number of aliphatic hydroxyl groups excluding tert-OH is 1. The number of nitrogens with zero attached hydrogens (tertiary/aromatic N) is 6. The van der Waals surface area contributed by atoms with E-state index in [1.165, 1.54) is 24.1 Å². The van der Waals surface area contributed by atoms with E-state index in [0.29, 0.717) is 79.4 Å². The van der Waals surface area contributed by atoms with Crippen molar-refractivity contribution < 1.29 is 61.1 Å². The number of carbonyl (C=O) groups excluding carboxylic acids is 3. The maximum atomic E-state index is 14.0. The van der Waals surface area contributed by atoms with Crippen LogP contribution >= 0.6 is 22.9 Å². The molecule has 0 bridgehead atoms. The number of aryl methyl sites for hydroxylation is 2. The zero-order chi connectivity index (χ0) is 61.2. The van der Waals surface area contributed by atoms with Gasteiger partial charge in [0.05, 0.1) is 80.6 Å². The third-order valence-electron chi connectivity index (χ3n) is 14.6. The average Bonchev–Trinajstić information content (AvgIpc) is 2.22. The highest BCUT2D eigenvalue weighted by molar-refractivity contribution is 7.92. The van der Waals surface area contributed by atoms with Gasteiger partial charge in [-0.2, -0.15) is 10.1 Å². The number of hydrogen-bond donors (Lipinski definition) is 5. The fourth-order valence-electron chi connectivity index (χ4n) is 9.94. The number of morpholine rings is 1. The third kappa shape index (κ3) is 18.6. The first kappa shape index (κ1) is 65.6. The van der Waals surface area contributed by atoms with Gasteiger partial charge in [-0.05, 0) is 86.2 Å². The van der Waals surface area contributed by atoms with Gasteiger partial charge in [-0.15, -0.1) is 11.3 Å². The fraction of sp³-hybridized carbons (Fsp3) is 0.517. The first-order valence-electron chi connectivity index (χ1n) is 28.9. The van der Waals surface area contributed by atoms with Crippen LogP contribution in [0.1, 0.15) is 69.8 Å². The normalized spacial score (nSPS) is 17.0. The Balaban J connectivity index is 0.641. The molecule has 2 fully saturated rings. The summed E-state index contributed by atoms with van der Waals surface area (Å²) in [4.78, 5) is 58.9. The molecule has 5 N–H and O–H groups in total. The Hall–Kier alpha value is -6.39. The van der Waals surface area contributed by atoms with Crippen molar-refractivity contribution in [1.29, 1.82) is 0 Å². The van der Waals surface area contributed by atoms with Crippen molar-refractivity contribution >= 4 is 67.4 Å². The monoisotopic (exact) mass is 1250 g/mol. The number of amides is 3. The van der Waals surface area contributed by atoms with Gasteiger partial charge in [-0.25, -0.2) is 18.4 Å². The van der Waals surface area contributed by atoms with Gasteiger partial charge in [-0.1, -0.05) is 69.5 Å². The summed E-state index contributed by atoms with van der Waals surface area (Å²) in [6.07, 6.45) is 3.18. The van der Waals surface area contributed by atoms with Crippen molar-refractivity contribution in [3.63, 3.8) is 0 Å². The summed E-state index contributed by atoms with van der Waals surface area (Å²) in [6, 6.07) is 17.1. The number of methoxy groups -OCH3 is 1. The molecular formula is C60H79ClN10O13S2. The highest BCUT2D eigenvalue weighted by atomic mass is 35.5. The lowest BCUT2D eigenvalue weighted by Crippen LogP contribution is -2.58. The van der Waals surface area contributed by atoms with Gasteiger partial charge in [0, 0.05) is 62.2 Å². The van der Waals surface area contributed by atoms with Crippen LogP contribution < -0.4 is 24.8 Å². The van der Waals surface area contributed by atoms with Crippen LogP contribution in [0.25, 0.3) is 32.9 Å². The lowest BCUT2D eigenvalue weighted by Gasteiger charge is -2.35. The summed E-state index contributed by atoms with van der Waals surface area (Å²) < 4.78 is 69.2. The van der Waals surface area contributed by atoms with E-state index < -0.39 is 45.4 Å². The van der Waals surface area contributed by atoms with Crippen LogP contribution in [-0.2, 0) is 54.6 Å². The minimum absolute atomic E-state index is 0.0205. The SMILES string of the molecule is COc1ccc(Cl)c(S(=O)(=O)Nc2ccc(-c3nc(OCC4CN(CCCCCCOCCOCCOCCOCC(=O)NC(C(=O)N5CC(O)CC5C(=O)NCc5ccc(-c6scnc6C)cc5)C(C)(C)C)CCO4)c4c(C)[nH]nc4n3)cc2)c1. The van der Waals surface area contributed by atoms with Crippen molar-refractivity contribution in [2.75, 3.05) is 104 Å². The van der Waals surface area contributed by atoms with E-state index in [4.69, 9.17) is 49.7 Å². The summed E-state index contributed by atoms with van der Waals surface area (Å²) in [7, 11) is -2.57. The lowest BCUT2D eigenvalue weighted by atomic mass is 9.85. The lowest BCUT2D eigenvalue weighted by molar-refractivity contribution is -0.144. The number of benzene rings is 3. The molecular weight excluding hydrogens is 1170 g/mol. The Morgan fingerprint density at radius 3 is 2.28 bits per heavy atom. The minimum atomic E-state index is -4.02. The van der Waals surface area contributed by atoms with Gasteiger partial charge >= 0.3 is 0 Å². The van der Waals surface area contributed by atoms with Crippen LogP contribution in [0.4, 0.5) is 5.69 Å². The van der Waals surface area contributed by atoms with Crippen LogP contribution in [0.5, 0.6) is 11.6 Å². The van der Waals surface area contributed by atoms with Crippen LogP contribution in [0, 0.1) is 19.3 Å². The highest BCUT2D eigenvalue weighted by Gasteiger charge is 2.44. The molecule has 3 amide bonds. The number of sulfonamides is 1. The van der Waals surface area contributed by atoms with Crippen molar-refractivity contribution in [2.45, 2.75) is 102 Å². The van der Waals surface area contributed by atoms with Gasteiger partial charge in [0.1, 0.15) is 47.4 Å². The number of hydrogen-bond acceptors (Lipinski definition) is 19. The molecule has 0 saturated carbocycles. The molecule has 3 aromatic carbocycles. The van der Waals surface area contributed by atoms with E-state index in [1.54, 1.807) is 41.7 Å². The van der Waals surface area contributed by atoms with Crippen LogP contribution in [0.3, 0.4) is 0 Å². The Morgan fingerprint density at radius 2 is 1.58 bits per heavy atom. The summed E-state index contributed by atoms with van der Waals surface area (Å²) in [6.45, 7) is 15.4. The fourth-order valence-corrected chi connectivity index (χ4v) is 12.3. The number of rotatable bonds is 32. The first-order chi connectivity index (χ1) is 41.4. The van der Waals surface area contributed by atoms with E-state index in [1.807, 2.05) is 64.4 Å². The second-order valence-corrected chi connectivity index (χ2v) is 25.1. The van der Waals surface area contributed by atoms with E-state index >= 15 is 0 Å². The minimum Gasteiger partial charge on any atom is -0.497 e. The standard InChI is InChI=1S/C60H79ClN10O13S2/c1-39-52-56(68-67-39)65-55(43-15-17-44(18-16-43)69-86(76,77)50-32-46(78-6)19-20-48(50)61)66-58(52)84-36-47-35-70(22-24-83-47)21-9-7-8-10-23-79-25-26-80-27-28-81-29-30-82-37-51(73)64-54(60(3,4)5)59(75)71-34-45(72)31-49(71)57(74)62-33-41-11-13-42(14-12-41)53-40(2)63-38-85-53/h11-20,32,38,45,47,49,54,69,72H,7-10,21-31,33-37H2,1-6H3,(H,62,74)(H,64,73)(H,65,66,67,68). The second kappa shape index (κ2) is 31.5. The van der Waals surface area contributed by atoms with Crippen LogP contribution in [0.2, 0.25) is 5.02 Å². The Labute approximate surface area is 511 Å². The predicted molar refractivity (Wildman–Crippen MR) is 326 cm³/mol. The summed E-state index contributed by atoms with van der Waals surface area (Å²) in [5.74, 6) is -0.206. The van der Waals surface area contributed by atoms with Crippen molar-refractivity contribution in [1.82, 2.24) is 45.6 Å². The number of fused-ring (bicyclic) bond motifs is 1. The number of nitrogens with one attached hydrogen (secondary N) is 4. The molecule has 2 aliphatic rings. The Morgan fingerprint density at radius 1 is 0.884 bits per heavy atom. The molecule has 26 heteroatoms. The number of aromatic nitrogens is 5. The molecule has 466 valence electrons. The molecule has 2 aliphatic heterocycles. The number of anilines is 1. The summed E-state index contributed by atoms with van der Waals surface area (Å²) >= 11 is 7.79. The zero-order valence-electron chi connectivity index (χ0n) is 49.6. The molecule has 0 radical (unpaired) electrons. The van der Waals surface area contributed by atoms with E-state index in [-0.39, 0.29) is 67.9 Å². The predicted octanol–water partition coefficient (Wildman–Crippen LogP) is 6.74. The zero-order valence-corrected chi connectivity index (χ0v) is 52.0. The molecule has 4 unspecified atom stereocenters. The maximum Gasteiger partial charge on any atom is 0.263 e.